The Morgan fingerprint density at radius 1 is 1.25 bits per heavy atom. The van der Waals surface area contributed by atoms with Crippen LogP contribution in [0.15, 0.2) is 18.2 Å². The summed E-state index contributed by atoms with van der Waals surface area (Å²) >= 11 is 0. The van der Waals surface area contributed by atoms with Gasteiger partial charge >= 0.3 is 0 Å². The fourth-order valence-corrected chi connectivity index (χ4v) is 3.03. The third-order valence-corrected chi connectivity index (χ3v) is 4.57. The predicted octanol–water partition coefficient (Wildman–Crippen LogP) is 2.47. The van der Waals surface area contributed by atoms with Crippen molar-refractivity contribution in [2.24, 2.45) is 0 Å². The molecule has 1 fully saturated rings. The molecular weight excluding hydrogens is 253 g/mol. The standard InChI is InChI=1S/C16H26FN3/c1-18-11-13-6-7-15(14(17)10-13)20(4)12-16(19(2)3)8-5-9-16/h6-7,10,18H,5,8-9,11-12H2,1-4H3. The Hall–Kier alpha value is -1.13. The summed E-state index contributed by atoms with van der Waals surface area (Å²) in [7, 11) is 8.11. The molecule has 0 unspecified atom stereocenters. The molecule has 1 aromatic rings. The van der Waals surface area contributed by atoms with E-state index in [4.69, 9.17) is 0 Å². The smallest absolute Gasteiger partial charge is 0.146 e. The molecule has 0 saturated heterocycles. The van der Waals surface area contributed by atoms with Gasteiger partial charge in [0.2, 0.25) is 0 Å². The van der Waals surface area contributed by atoms with Gasteiger partial charge in [-0.25, -0.2) is 4.39 Å². The Morgan fingerprint density at radius 3 is 2.40 bits per heavy atom. The van der Waals surface area contributed by atoms with Crippen LogP contribution in [0.3, 0.4) is 0 Å². The first-order valence-corrected chi connectivity index (χ1v) is 7.30. The number of nitrogens with one attached hydrogen (secondary N) is 1. The van der Waals surface area contributed by atoms with Crippen molar-refractivity contribution in [2.45, 2.75) is 31.3 Å². The number of hydrogen-bond donors (Lipinski definition) is 1. The van der Waals surface area contributed by atoms with Gasteiger partial charge in [-0.2, -0.15) is 0 Å². The Balaban J connectivity index is 2.11. The van der Waals surface area contributed by atoms with E-state index >= 15 is 0 Å². The molecule has 1 N–H and O–H groups in total. The Kier molecular flexibility index (Phi) is 4.66. The number of rotatable bonds is 6. The highest BCUT2D eigenvalue weighted by molar-refractivity contribution is 5.49. The second-order valence-electron chi connectivity index (χ2n) is 6.14. The maximum absolute atomic E-state index is 14.2. The first-order chi connectivity index (χ1) is 9.48. The van der Waals surface area contributed by atoms with E-state index < -0.39 is 0 Å². The average molecular weight is 279 g/mol. The van der Waals surface area contributed by atoms with Crippen molar-refractivity contribution in [3.63, 3.8) is 0 Å². The van der Waals surface area contributed by atoms with Crippen LogP contribution in [0.25, 0.3) is 0 Å². The van der Waals surface area contributed by atoms with E-state index in [1.807, 2.05) is 26.2 Å². The lowest BCUT2D eigenvalue weighted by atomic mass is 9.75. The van der Waals surface area contributed by atoms with Crippen molar-refractivity contribution < 1.29 is 4.39 Å². The van der Waals surface area contributed by atoms with E-state index in [2.05, 4.69) is 29.2 Å². The number of benzene rings is 1. The highest BCUT2D eigenvalue weighted by atomic mass is 19.1. The van der Waals surface area contributed by atoms with Crippen LogP contribution < -0.4 is 10.2 Å². The minimum Gasteiger partial charge on any atom is -0.370 e. The van der Waals surface area contributed by atoms with Crippen LogP contribution in [0.4, 0.5) is 10.1 Å². The highest BCUT2D eigenvalue weighted by Crippen LogP contribution is 2.37. The summed E-state index contributed by atoms with van der Waals surface area (Å²) in [5.41, 5.74) is 1.89. The van der Waals surface area contributed by atoms with Crippen molar-refractivity contribution >= 4 is 5.69 Å². The molecule has 0 radical (unpaired) electrons. The van der Waals surface area contributed by atoms with Gasteiger partial charge in [-0.3, -0.25) is 0 Å². The largest absolute Gasteiger partial charge is 0.370 e. The molecule has 3 nitrogen and oxygen atoms in total. The molecule has 1 aromatic carbocycles. The van der Waals surface area contributed by atoms with Crippen LogP contribution in [-0.4, -0.2) is 45.2 Å². The molecule has 0 amide bonds. The van der Waals surface area contributed by atoms with E-state index in [9.17, 15) is 4.39 Å². The van der Waals surface area contributed by atoms with Gasteiger partial charge in [-0.1, -0.05) is 6.07 Å². The van der Waals surface area contributed by atoms with E-state index in [0.29, 0.717) is 12.2 Å². The number of anilines is 1. The second-order valence-corrected chi connectivity index (χ2v) is 6.14. The maximum atomic E-state index is 14.2. The molecule has 1 aliphatic carbocycles. The Bertz CT molecular complexity index is 455. The van der Waals surface area contributed by atoms with Gasteiger partial charge in [0.1, 0.15) is 5.82 Å². The molecule has 0 spiro atoms. The highest BCUT2D eigenvalue weighted by Gasteiger charge is 2.40. The second kappa shape index (κ2) is 6.10. The lowest BCUT2D eigenvalue weighted by Gasteiger charge is -2.49. The molecule has 1 aliphatic rings. The van der Waals surface area contributed by atoms with Crippen molar-refractivity contribution in [3.8, 4) is 0 Å². The fraction of sp³-hybridized carbons (Fsp3) is 0.625. The van der Waals surface area contributed by atoms with E-state index in [0.717, 1.165) is 12.1 Å². The first kappa shape index (κ1) is 15.3. The van der Waals surface area contributed by atoms with Gasteiger partial charge in [0, 0.05) is 25.7 Å². The maximum Gasteiger partial charge on any atom is 0.146 e. The van der Waals surface area contributed by atoms with Gasteiger partial charge in [0.25, 0.3) is 0 Å². The molecule has 0 bridgehead atoms. The van der Waals surface area contributed by atoms with Crippen molar-refractivity contribution in [2.75, 3.05) is 39.6 Å². The Morgan fingerprint density at radius 2 is 1.95 bits per heavy atom. The summed E-state index contributed by atoms with van der Waals surface area (Å²) in [5.74, 6) is -0.131. The normalized spacial score (nSPS) is 17.1. The van der Waals surface area contributed by atoms with Crippen LogP contribution in [0.2, 0.25) is 0 Å². The van der Waals surface area contributed by atoms with Crippen molar-refractivity contribution in [3.05, 3.63) is 29.6 Å². The van der Waals surface area contributed by atoms with Crippen LogP contribution >= 0.6 is 0 Å². The fourth-order valence-electron chi connectivity index (χ4n) is 3.03. The van der Waals surface area contributed by atoms with E-state index in [1.54, 1.807) is 6.07 Å². The first-order valence-electron chi connectivity index (χ1n) is 7.30. The van der Waals surface area contributed by atoms with E-state index in [1.165, 1.54) is 19.3 Å². The van der Waals surface area contributed by atoms with Crippen LogP contribution in [0.1, 0.15) is 24.8 Å². The van der Waals surface area contributed by atoms with Crippen LogP contribution in [-0.2, 0) is 6.54 Å². The topological polar surface area (TPSA) is 18.5 Å². The van der Waals surface area contributed by atoms with Gasteiger partial charge in [-0.15, -0.1) is 0 Å². The molecule has 0 heterocycles. The molecule has 2 rings (SSSR count). The number of nitrogens with zero attached hydrogens (tertiary/aromatic N) is 2. The quantitative estimate of drug-likeness (QED) is 0.863. The summed E-state index contributed by atoms with van der Waals surface area (Å²) in [5, 5.41) is 3.04. The monoisotopic (exact) mass is 279 g/mol. The lowest BCUT2D eigenvalue weighted by Crippen LogP contribution is -2.56. The molecule has 20 heavy (non-hydrogen) atoms. The third-order valence-electron chi connectivity index (χ3n) is 4.57. The molecule has 4 heteroatoms. The van der Waals surface area contributed by atoms with Crippen LogP contribution in [0.5, 0.6) is 0 Å². The SMILES string of the molecule is CNCc1ccc(N(C)CC2(N(C)C)CCC2)c(F)c1. The van der Waals surface area contributed by atoms with Crippen LogP contribution in [0, 0.1) is 5.82 Å². The summed E-state index contributed by atoms with van der Waals surface area (Å²) in [6, 6.07) is 5.52. The molecule has 0 atom stereocenters. The minimum atomic E-state index is -0.131. The molecule has 1 saturated carbocycles. The predicted molar refractivity (Wildman–Crippen MR) is 82.7 cm³/mol. The van der Waals surface area contributed by atoms with Gasteiger partial charge in [0.15, 0.2) is 0 Å². The number of likely N-dealkylation sites (N-methyl/N-ethyl adjacent to an activating group) is 2. The molecule has 0 aliphatic heterocycles. The average Bonchev–Trinajstić information content (AvgIpc) is 2.33. The van der Waals surface area contributed by atoms with Gasteiger partial charge < -0.3 is 15.1 Å². The number of hydrogen-bond acceptors (Lipinski definition) is 3. The summed E-state index contributed by atoms with van der Waals surface area (Å²) in [6.07, 6.45) is 3.67. The molecule has 0 aromatic heterocycles. The van der Waals surface area contributed by atoms with Crippen molar-refractivity contribution in [1.29, 1.82) is 0 Å². The number of halogens is 1. The van der Waals surface area contributed by atoms with E-state index in [-0.39, 0.29) is 11.4 Å². The minimum absolute atomic E-state index is 0.131. The van der Waals surface area contributed by atoms with Crippen molar-refractivity contribution in [1.82, 2.24) is 10.2 Å². The zero-order valence-electron chi connectivity index (χ0n) is 13.0. The molecule has 112 valence electrons. The summed E-state index contributed by atoms with van der Waals surface area (Å²) < 4.78 is 14.2. The summed E-state index contributed by atoms with van der Waals surface area (Å²) in [4.78, 5) is 4.35. The Labute approximate surface area is 121 Å². The zero-order chi connectivity index (χ0) is 14.8. The van der Waals surface area contributed by atoms with Gasteiger partial charge in [0.05, 0.1) is 5.69 Å². The van der Waals surface area contributed by atoms with Gasteiger partial charge in [-0.05, 0) is 58.1 Å². The zero-order valence-corrected chi connectivity index (χ0v) is 13.0. The lowest BCUT2D eigenvalue weighted by molar-refractivity contribution is 0.0682. The summed E-state index contributed by atoms with van der Waals surface area (Å²) in [6.45, 7) is 1.57. The third kappa shape index (κ3) is 2.96. The molecular formula is C16H26FN3.